The van der Waals surface area contributed by atoms with Crippen molar-refractivity contribution in [3.05, 3.63) is 34.4 Å². The Hall–Kier alpha value is -2.22. The molecule has 0 bridgehead atoms. The van der Waals surface area contributed by atoms with E-state index in [1.54, 1.807) is 0 Å². The minimum atomic E-state index is -0.490. The maximum Gasteiger partial charge on any atom is 0.269 e. The molecule has 2 rings (SSSR count). The minimum Gasteiger partial charge on any atom is -0.484 e. The van der Waals surface area contributed by atoms with Crippen LogP contribution >= 0.6 is 12.2 Å². The minimum absolute atomic E-state index is 0.0239. The van der Waals surface area contributed by atoms with Crippen molar-refractivity contribution >= 4 is 28.9 Å². The highest BCUT2D eigenvalue weighted by atomic mass is 32.1. The van der Waals surface area contributed by atoms with Crippen LogP contribution < -0.4 is 10.1 Å². The Morgan fingerprint density at radius 1 is 1.22 bits per heavy atom. The van der Waals surface area contributed by atoms with Crippen molar-refractivity contribution in [3.63, 3.8) is 0 Å². The van der Waals surface area contributed by atoms with Gasteiger partial charge in [-0.3, -0.25) is 14.9 Å². The number of rotatable bonds is 4. The molecule has 1 aliphatic heterocycles. The number of thiocarbonyl (C=S) groups is 1. The molecule has 8 heteroatoms. The third kappa shape index (κ3) is 5.48. The Morgan fingerprint density at radius 3 is 2.39 bits per heavy atom. The van der Waals surface area contributed by atoms with Gasteiger partial charge in [-0.2, -0.15) is 0 Å². The number of hydrogen-bond donors (Lipinski definition) is 1. The quantitative estimate of drug-likeness (QED) is 0.515. The zero-order chi connectivity index (χ0) is 16.7. The van der Waals surface area contributed by atoms with Crippen molar-refractivity contribution in [1.29, 1.82) is 0 Å². The normalized spacial score (nSPS) is 14.7. The highest BCUT2D eigenvalue weighted by Gasteiger charge is 2.15. The SMILES string of the molecule is O=C(COc1ccc([N+](=O)[O-])cc1)NC(=S)N1CCCCCC1. The Labute approximate surface area is 139 Å². The van der Waals surface area contributed by atoms with Crippen LogP contribution in [-0.2, 0) is 4.79 Å². The summed E-state index contributed by atoms with van der Waals surface area (Å²) in [6.45, 7) is 1.54. The number of hydrogen-bond acceptors (Lipinski definition) is 5. The van der Waals surface area contributed by atoms with Crippen molar-refractivity contribution in [2.45, 2.75) is 25.7 Å². The lowest BCUT2D eigenvalue weighted by Gasteiger charge is -2.23. The summed E-state index contributed by atoms with van der Waals surface area (Å²) in [6.07, 6.45) is 4.54. The third-order valence-corrected chi connectivity index (χ3v) is 3.92. The van der Waals surface area contributed by atoms with E-state index in [1.165, 1.54) is 37.1 Å². The number of carbonyl (C=O) groups excluding carboxylic acids is 1. The fraction of sp³-hybridized carbons (Fsp3) is 0.467. The van der Waals surface area contributed by atoms with Gasteiger partial charge >= 0.3 is 0 Å². The van der Waals surface area contributed by atoms with Gasteiger partial charge in [-0.05, 0) is 37.2 Å². The topological polar surface area (TPSA) is 84.7 Å². The number of nitrogens with zero attached hydrogens (tertiary/aromatic N) is 2. The predicted molar refractivity (Wildman–Crippen MR) is 89.4 cm³/mol. The lowest BCUT2D eigenvalue weighted by molar-refractivity contribution is -0.384. The average Bonchev–Trinajstić information content (AvgIpc) is 2.82. The molecule has 1 fully saturated rings. The summed E-state index contributed by atoms with van der Waals surface area (Å²) in [5.74, 6) is 0.0593. The molecule has 1 amide bonds. The smallest absolute Gasteiger partial charge is 0.269 e. The summed E-state index contributed by atoms with van der Waals surface area (Å²) in [5, 5.41) is 13.7. The van der Waals surface area contributed by atoms with Crippen molar-refractivity contribution in [2.24, 2.45) is 0 Å². The van der Waals surface area contributed by atoms with E-state index in [9.17, 15) is 14.9 Å². The fourth-order valence-corrected chi connectivity index (χ4v) is 2.62. The van der Waals surface area contributed by atoms with Gasteiger partial charge in [-0.15, -0.1) is 0 Å². The van der Waals surface area contributed by atoms with Crippen LogP contribution in [0.5, 0.6) is 5.75 Å². The van der Waals surface area contributed by atoms with E-state index < -0.39 is 4.92 Å². The second-order valence-electron chi connectivity index (χ2n) is 5.29. The van der Waals surface area contributed by atoms with Crippen molar-refractivity contribution in [2.75, 3.05) is 19.7 Å². The molecule has 1 aliphatic rings. The third-order valence-electron chi connectivity index (χ3n) is 3.56. The molecule has 0 aromatic heterocycles. The van der Waals surface area contributed by atoms with Crippen molar-refractivity contribution < 1.29 is 14.5 Å². The first kappa shape index (κ1) is 17.1. The van der Waals surface area contributed by atoms with E-state index in [4.69, 9.17) is 17.0 Å². The lowest BCUT2D eigenvalue weighted by atomic mass is 10.2. The highest BCUT2D eigenvalue weighted by molar-refractivity contribution is 7.80. The molecule has 1 aromatic carbocycles. The maximum absolute atomic E-state index is 11.9. The van der Waals surface area contributed by atoms with Gasteiger partial charge in [0.05, 0.1) is 4.92 Å². The second-order valence-corrected chi connectivity index (χ2v) is 5.68. The summed E-state index contributed by atoms with van der Waals surface area (Å²) in [5.41, 5.74) is -0.0239. The fourth-order valence-electron chi connectivity index (χ4n) is 2.32. The van der Waals surface area contributed by atoms with Crippen LogP contribution in [-0.4, -0.2) is 40.5 Å². The van der Waals surface area contributed by atoms with Crippen LogP contribution in [0, 0.1) is 10.1 Å². The summed E-state index contributed by atoms with van der Waals surface area (Å²) >= 11 is 5.25. The molecule has 0 radical (unpaired) electrons. The molecule has 1 saturated heterocycles. The zero-order valence-electron chi connectivity index (χ0n) is 12.7. The van der Waals surface area contributed by atoms with Gasteiger partial charge in [-0.1, -0.05) is 12.8 Å². The van der Waals surface area contributed by atoms with E-state index in [-0.39, 0.29) is 18.2 Å². The molecule has 0 spiro atoms. The molecule has 1 N–H and O–H groups in total. The standard InChI is InChI=1S/C15H19N3O4S/c19-14(16-15(23)17-9-3-1-2-4-10-17)11-22-13-7-5-12(6-8-13)18(20)21/h5-8H,1-4,9-11H2,(H,16,19,23). The van der Waals surface area contributed by atoms with E-state index >= 15 is 0 Å². The van der Waals surface area contributed by atoms with Gasteiger partial charge in [0.2, 0.25) is 0 Å². The number of likely N-dealkylation sites (tertiary alicyclic amines) is 1. The number of amides is 1. The van der Waals surface area contributed by atoms with Crippen LogP contribution in [0.1, 0.15) is 25.7 Å². The van der Waals surface area contributed by atoms with E-state index in [2.05, 4.69) is 5.32 Å². The lowest BCUT2D eigenvalue weighted by Crippen LogP contribution is -2.44. The van der Waals surface area contributed by atoms with E-state index in [0.29, 0.717) is 10.9 Å². The van der Waals surface area contributed by atoms with Crippen LogP contribution in [0.15, 0.2) is 24.3 Å². The molecule has 0 saturated carbocycles. The Bertz CT molecular complexity index is 569. The maximum atomic E-state index is 11.9. The van der Waals surface area contributed by atoms with Crippen LogP contribution in [0.25, 0.3) is 0 Å². The second kappa shape index (κ2) is 8.42. The molecule has 7 nitrogen and oxygen atoms in total. The first-order valence-corrected chi connectivity index (χ1v) is 7.93. The van der Waals surface area contributed by atoms with Gasteiger partial charge in [0, 0.05) is 25.2 Å². The van der Waals surface area contributed by atoms with E-state index in [0.717, 1.165) is 25.9 Å². The number of non-ortho nitro benzene ring substituents is 1. The number of ether oxygens (including phenoxy) is 1. The highest BCUT2D eigenvalue weighted by Crippen LogP contribution is 2.17. The summed E-state index contributed by atoms with van der Waals surface area (Å²) in [7, 11) is 0. The van der Waals surface area contributed by atoms with Crippen LogP contribution in [0.2, 0.25) is 0 Å². The van der Waals surface area contributed by atoms with E-state index in [1.807, 2.05) is 4.90 Å². The average molecular weight is 337 g/mol. The van der Waals surface area contributed by atoms with Gasteiger partial charge in [0.15, 0.2) is 11.7 Å². The summed E-state index contributed by atoms with van der Waals surface area (Å²) < 4.78 is 5.30. The summed E-state index contributed by atoms with van der Waals surface area (Å²) in [6, 6.07) is 5.57. The van der Waals surface area contributed by atoms with Gasteiger partial charge in [0.1, 0.15) is 5.75 Å². The molecular formula is C15H19N3O4S. The largest absolute Gasteiger partial charge is 0.484 e. The molecule has 0 unspecified atom stereocenters. The molecule has 0 atom stereocenters. The Balaban J connectivity index is 1.77. The van der Waals surface area contributed by atoms with Gasteiger partial charge < -0.3 is 15.0 Å². The molecular weight excluding hydrogens is 318 g/mol. The number of nitrogens with one attached hydrogen (secondary N) is 1. The number of carbonyl (C=O) groups is 1. The van der Waals surface area contributed by atoms with Crippen molar-refractivity contribution in [1.82, 2.24) is 10.2 Å². The Morgan fingerprint density at radius 2 is 1.83 bits per heavy atom. The number of nitro groups is 1. The van der Waals surface area contributed by atoms with Crippen molar-refractivity contribution in [3.8, 4) is 5.75 Å². The molecule has 23 heavy (non-hydrogen) atoms. The predicted octanol–water partition coefficient (Wildman–Crippen LogP) is 2.25. The first-order valence-electron chi connectivity index (χ1n) is 7.52. The molecule has 1 heterocycles. The monoisotopic (exact) mass is 337 g/mol. The van der Waals surface area contributed by atoms with Gasteiger partial charge in [0.25, 0.3) is 11.6 Å². The van der Waals surface area contributed by atoms with Gasteiger partial charge in [-0.25, -0.2) is 0 Å². The van der Waals surface area contributed by atoms with Crippen LogP contribution in [0.3, 0.4) is 0 Å². The van der Waals surface area contributed by atoms with Crippen LogP contribution in [0.4, 0.5) is 5.69 Å². The number of nitro benzene ring substituents is 1. The molecule has 1 aromatic rings. The molecule has 0 aliphatic carbocycles. The first-order chi connectivity index (χ1) is 11.1. The Kier molecular flexibility index (Phi) is 6.28. The summed E-state index contributed by atoms with van der Waals surface area (Å²) in [4.78, 5) is 23.9. The number of benzene rings is 1. The zero-order valence-corrected chi connectivity index (χ0v) is 13.5. The molecule has 124 valence electrons.